The van der Waals surface area contributed by atoms with Gasteiger partial charge in [0.25, 0.3) is 0 Å². The SMILES string of the molecule is C[C@]12CCCCCC[C@H]1C(=O)OC2. The lowest BCUT2D eigenvalue weighted by Crippen LogP contribution is -2.28. The average molecular weight is 182 g/mol. The second-order valence-electron chi connectivity index (χ2n) is 4.77. The van der Waals surface area contributed by atoms with Gasteiger partial charge in [0.2, 0.25) is 0 Å². The van der Waals surface area contributed by atoms with E-state index >= 15 is 0 Å². The lowest BCUT2D eigenvalue weighted by Gasteiger charge is -2.29. The Balaban J connectivity index is 2.12. The molecule has 2 rings (SSSR count). The molecule has 0 unspecified atom stereocenters. The highest BCUT2D eigenvalue weighted by molar-refractivity contribution is 5.75. The van der Waals surface area contributed by atoms with Crippen molar-refractivity contribution in [2.45, 2.75) is 45.4 Å². The van der Waals surface area contributed by atoms with Crippen LogP contribution in [0.5, 0.6) is 0 Å². The standard InChI is InChI=1S/C11H18O2/c1-11-7-5-3-2-4-6-9(11)10(12)13-8-11/h9H,2-8H2,1H3/t9-,11+/m0/s1. The van der Waals surface area contributed by atoms with Gasteiger partial charge in [-0.2, -0.15) is 0 Å². The van der Waals surface area contributed by atoms with E-state index in [9.17, 15) is 4.79 Å². The van der Waals surface area contributed by atoms with E-state index in [2.05, 4.69) is 6.92 Å². The fourth-order valence-corrected chi connectivity index (χ4v) is 2.67. The van der Waals surface area contributed by atoms with Crippen LogP contribution < -0.4 is 0 Å². The summed E-state index contributed by atoms with van der Waals surface area (Å²) in [6, 6.07) is 0. The molecule has 1 saturated heterocycles. The van der Waals surface area contributed by atoms with Crippen LogP contribution in [0.3, 0.4) is 0 Å². The number of fused-ring (bicyclic) bond motifs is 1. The van der Waals surface area contributed by atoms with Gasteiger partial charge in [0.1, 0.15) is 0 Å². The lowest BCUT2D eigenvalue weighted by molar-refractivity contribution is -0.141. The van der Waals surface area contributed by atoms with Crippen LogP contribution in [0.4, 0.5) is 0 Å². The zero-order valence-electron chi connectivity index (χ0n) is 8.34. The van der Waals surface area contributed by atoms with Crippen molar-refractivity contribution in [3.63, 3.8) is 0 Å². The first-order valence-corrected chi connectivity index (χ1v) is 5.39. The number of rotatable bonds is 0. The summed E-state index contributed by atoms with van der Waals surface area (Å²) in [4.78, 5) is 11.5. The molecule has 1 aliphatic carbocycles. The average Bonchev–Trinajstić information content (AvgIpc) is 2.32. The maximum Gasteiger partial charge on any atom is 0.309 e. The molecule has 2 aliphatic rings. The molecule has 0 aromatic heterocycles. The number of carbonyl (C=O) groups is 1. The Labute approximate surface area is 79.7 Å². The predicted molar refractivity (Wildman–Crippen MR) is 50.3 cm³/mol. The predicted octanol–water partition coefficient (Wildman–Crippen LogP) is 2.52. The van der Waals surface area contributed by atoms with Crippen LogP contribution in [0, 0.1) is 11.3 Å². The van der Waals surface area contributed by atoms with Crippen LogP contribution in [0.25, 0.3) is 0 Å². The van der Waals surface area contributed by atoms with E-state index in [4.69, 9.17) is 4.74 Å². The van der Waals surface area contributed by atoms with Crippen molar-refractivity contribution in [2.24, 2.45) is 11.3 Å². The summed E-state index contributed by atoms with van der Waals surface area (Å²) in [5, 5.41) is 0. The van der Waals surface area contributed by atoms with Gasteiger partial charge in [0.05, 0.1) is 12.5 Å². The number of cyclic esters (lactones) is 1. The maximum atomic E-state index is 11.5. The van der Waals surface area contributed by atoms with E-state index in [1.54, 1.807) is 0 Å². The molecule has 0 amide bonds. The third kappa shape index (κ3) is 1.59. The van der Waals surface area contributed by atoms with Gasteiger partial charge in [0.15, 0.2) is 0 Å². The smallest absolute Gasteiger partial charge is 0.309 e. The maximum absolute atomic E-state index is 11.5. The van der Waals surface area contributed by atoms with Crippen LogP contribution in [0.1, 0.15) is 45.4 Å². The molecule has 0 N–H and O–H groups in total. The minimum Gasteiger partial charge on any atom is -0.465 e. The summed E-state index contributed by atoms with van der Waals surface area (Å²) in [7, 11) is 0. The van der Waals surface area contributed by atoms with E-state index in [1.807, 2.05) is 0 Å². The fourth-order valence-electron chi connectivity index (χ4n) is 2.67. The molecule has 2 fully saturated rings. The Morgan fingerprint density at radius 1 is 1.31 bits per heavy atom. The molecule has 0 radical (unpaired) electrons. The summed E-state index contributed by atoms with van der Waals surface area (Å²) in [5.41, 5.74) is 0.164. The van der Waals surface area contributed by atoms with Crippen LogP contribution in [0.15, 0.2) is 0 Å². The Bertz CT molecular complexity index is 212. The van der Waals surface area contributed by atoms with Crippen LogP contribution >= 0.6 is 0 Å². The van der Waals surface area contributed by atoms with E-state index in [-0.39, 0.29) is 17.3 Å². The van der Waals surface area contributed by atoms with Gasteiger partial charge in [-0.3, -0.25) is 4.79 Å². The van der Waals surface area contributed by atoms with Crippen molar-refractivity contribution in [3.8, 4) is 0 Å². The molecule has 2 atom stereocenters. The quantitative estimate of drug-likeness (QED) is 0.538. The van der Waals surface area contributed by atoms with Gasteiger partial charge in [-0.25, -0.2) is 0 Å². The van der Waals surface area contributed by atoms with Crippen molar-refractivity contribution in [3.05, 3.63) is 0 Å². The van der Waals surface area contributed by atoms with E-state index in [1.165, 1.54) is 32.1 Å². The molecule has 2 nitrogen and oxygen atoms in total. The first-order valence-electron chi connectivity index (χ1n) is 5.39. The van der Waals surface area contributed by atoms with Gasteiger partial charge in [-0.05, 0) is 12.8 Å². The third-order valence-electron chi connectivity index (χ3n) is 3.66. The molecule has 1 saturated carbocycles. The third-order valence-corrected chi connectivity index (χ3v) is 3.66. The number of hydrogen-bond acceptors (Lipinski definition) is 2. The van der Waals surface area contributed by atoms with Gasteiger partial charge in [-0.15, -0.1) is 0 Å². The molecule has 0 spiro atoms. The topological polar surface area (TPSA) is 26.3 Å². The van der Waals surface area contributed by atoms with Gasteiger partial charge < -0.3 is 4.74 Å². The van der Waals surface area contributed by atoms with Gasteiger partial charge >= 0.3 is 5.97 Å². The second kappa shape index (κ2) is 3.32. The second-order valence-corrected chi connectivity index (χ2v) is 4.77. The lowest BCUT2D eigenvalue weighted by atomic mass is 9.72. The monoisotopic (exact) mass is 182 g/mol. The summed E-state index contributed by atoms with van der Waals surface area (Å²) in [6.07, 6.45) is 7.31. The molecule has 13 heavy (non-hydrogen) atoms. The van der Waals surface area contributed by atoms with Crippen molar-refractivity contribution in [2.75, 3.05) is 6.61 Å². The number of hydrogen-bond donors (Lipinski definition) is 0. The largest absolute Gasteiger partial charge is 0.465 e. The highest BCUT2D eigenvalue weighted by atomic mass is 16.5. The number of esters is 1. The summed E-state index contributed by atoms with van der Waals surface area (Å²) in [5.74, 6) is 0.261. The first-order chi connectivity index (χ1) is 6.22. The molecule has 1 heterocycles. The molecule has 74 valence electrons. The fraction of sp³-hybridized carbons (Fsp3) is 0.909. The molecule has 0 aromatic carbocycles. The van der Waals surface area contributed by atoms with E-state index < -0.39 is 0 Å². The highest BCUT2D eigenvalue weighted by Crippen LogP contribution is 2.43. The number of ether oxygens (including phenoxy) is 1. The van der Waals surface area contributed by atoms with Crippen molar-refractivity contribution >= 4 is 5.97 Å². The molecular weight excluding hydrogens is 164 g/mol. The Morgan fingerprint density at radius 3 is 2.92 bits per heavy atom. The normalized spacial score (nSPS) is 40.4. The Kier molecular flexibility index (Phi) is 2.31. The van der Waals surface area contributed by atoms with Crippen molar-refractivity contribution < 1.29 is 9.53 Å². The van der Waals surface area contributed by atoms with E-state index in [0.29, 0.717) is 6.61 Å². The van der Waals surface area contributed by atoms with Crippen LogP contribution in [-0.2, 0) is 9.53 Å². The van der Waals surface area contributed by atoms with Crippen molar-refractivity contribution in [1.82, 2.24) is 0 Å². The first kappa shape index (κ1) is 9.04. The Hall–Kier alpha value is -0.530. The summed E-state index contributed by atoms with van der Waals surface area (Å²) in [6.45, 7) is 2.88. The minimum absolute atomic E-state index is 0.0596. The molecule has 0 bridgehead atoms. The van der Waals surface area contributed by atoms with Crippen LogP contribution in [0.2, 0.25) is 0 Å². The molecule has 0 aromatic rings. The summed E-state index contributed by atoms with van der Waals surface area (Å²) >= 11 is 0. The van der Waals surface area contributed by atoms with Crippen LogP contribution in [-0.4, -0.2) is 12.6 Å². The summed E-state index contributed by atoms with van der Waals surface area (Å²) < 4.78 is 5.18. The molecule has 1 aliphatic heterocycles. The molecule has 2 heteroatoms. The van der Waals surface area contributed by atoms with Gasteiger partial charge in [-0.1, -0.05) is 32.6 Å². The van der Waals surface area contributed by atoms with Crippen molar-refractivity contribution in [1.29, 1.82) is 0 Å². The minimum atomic E-state index is 0.0596. The number of carbonyl (C=O) groups excluding carboxylic acids is 1. The zero-order valence-corrected chi connectivity index (χ0v) is 8.34. The van der Waals surface area contributed by atoms with Gasteiger partial charge in [0, 0.05) is 5.41 Å². The molecular formula is C11H18O2. The highest BCUT2D eigenvalue weighted by Gasteiger charge is 2.46. The Morgan fingerprint density at radius 2 is 2.08 bits per heavy atom. The van der Waals surface area contributed by atoms with E-state index in [0.717, 1.165) is 6.42 Å². The zero-order chi connectivity index (χ0) is 9.31.